The number of nitrogens with two attached hydrogens (primary N) is 1. The van der Waals surface area contributed by atoms with Gasteiger partial charge in [0.1, 0.15) is 24.3 Å². The molecule has 4 aromatic carbocycles. The van der Waals surface area contributed by atoms with E-state index >= 15 is 4.39 Å². The van der Waals surface area contributed by atoms with Gasteiger partial charge in [-0.1, -0.05) is 66.7 Å². The van der Waals surface area contributed by atoms with E-state index in [0.29, 0.717) is 30.8 Å². The Morgan fingerprint density at radius 2 is 1.60 bits per heavy atom. The lowest BCUT2D eigenvalue weighted by atomic mass is 9.84. The first-order valence-corrected chi connectivity index (χ1v) is 15.4. The number of hydrogen-bond donors (Lipinski definition) is 2. The second kappa shape index (κ2) is 16.0. The van der Waals surface area contributed by atoms with Crippen LogP contribution in [0.2, 0.25) is 0 Å². The number of imide groups is 1. The van der Waals surface area contributed by atoms with Crippen molar-refractivity contribution in [3.63, 3.8) is 0 Å². The van der Waals surface area contributed by atoms with Gasteiger partial charge in [-0.2, -0.15) is 5.26 Å². The number of nitrogens with zero attached hydrogens (tertiary/aromatic N) is 2. The van der Waals surface area contributed by atoms with Crippen LogP contribution in [-0.4, -0.2) is 57.1 Å². The number of nitrogens with one attached hydrogen (secondary N) is 1. The van der Waals surface area contributed by atoms with Crippen LogP contribution in [-0.2, 0) is 20.7 Å². The maximum absolute atomic E-state index is 15.5. The summed E-state index contributed by atoms with van der Waals surface area (Å²) in [6.45, 7) is 1.40. The van der Waals surface area contributed by atoms with Crippen LogP contribution >= 0.6 is 0 Å². The van der Waals surface area contributed by atoms with Crippen molar-refractivity contribution in [2.75, 3.05) is 31.7 Å². The molecule has 0 bridgehead atoms. The summed E-state index contributed by atoms with van der Waals surface area (Å²) >= 11 is 0. The van der Waals surface area contributed by atoms with Gasteiger partial charge in [0.15, 0.2) is 0 Å². The molecule has 0 saturated carbocycles. The van der Waals surface area contributed by atoms with Gasteiger partial charge in [-0.3, -0.25) is 4.79 Å². The Labute approximate surface area is 273 Å². The summed E-state index contributed by atoms with van der Waals surface area (Å²) in [7, 11) is 1.17. The van der Waals surface area contributed by atoms with Crippen molar-refractivity contribution in [1.82, 2.24) is 5.32 Å². The third-order valence-corrected chi connectivity index (χ3v) is 8.14. The largest absolute Gasteiger partial charge is 0.491 e. The molecule has 2 amide bonds. The molecule has 9 nitrogen and oxygen atoms in total. The van der Waals surface area contributed by atoms with Gasteiger partial charge in [-0.15, -0.1) is 0 Å². The van der Waals surface area contributed by atoms with E-state index in [-0.39, 0.29) is 36.5 Å². The zero-order chi connectivity index (χ0) is 33.2. The maximum Gasteiger partial charge on any atom is 0.420 e. The number of amides is 2. The van der Waals surface area contributed by atoms with Crippen LogP contribution in [0.1, 0.15) is 34.6 Å². The third kappa shape index (κ3) is 8.20. The summed E-state index contributed by atoms with van der Waals surface area (Å²) < 4.78 is 32.6. The van der Waals surface area contributed by atoms with Crippen LogP contribution in [0.15, 0.2) is 103 Å². The highest BCUT2D eigenvalue weighted by Crippen LogP contribution is 2.32. The van der Waals surface area contributed by atoms with E-state index in [0.717, 1.165) is 16.0 Å². The summed E-state index contributed by atoms with van der Waals surface area (Å²) in [5, 5.41) is 12.3. The lowest BCUT2D eigenvalue weighted by molar-refractivity contribution is -0.119. The van der Waals surface area contributed by atoms with Gasteiger partial charge in [0.05, 0.1) is 36.6 Å². The molecule has 242 valence electrons. The molecular formula is C37H37FN4O5. The first-order valence-electron chi connectivity index (χ1n) is 15.4. The van der Waals surface area contributed by atoms with Crippen molar-refractivity contribution in [3.05, 3.63) is 131 Å². The van der Waals surface area contributed by atoms with E-state index in [4.69, 9.17) is 25.2 Å². The number of nitriles is 1. The second-order valence-electron chi connectivity index (χ2n) is 11.2. The SMILES string of the molecule is COC(=O)N(C(=O)[C@@H](N)C(c1ccccc1)c1ccccc1)c1cccc(F)c1CC[C@@H]1CNC[C@@H](COc2ccc(C#N)cc2)O1. The van der Waals surface area contributed by atoms with Crippen molar-refractivity contribution in [2.24, 2.45) is 5.73 Å². The van der Waals surface area contributed by atoms with E-state index in [1.54, 1.807) is 24.3 Å². The van der Waals surface area contributed by atoms with E-state index < -0.39 is 29.8 Å². The van der Waals surface area contributed by atoms with Crippen LogP contribution in [0.3, 0.4) is 0 Å². The molecule has 47 heavy (non-hydrogen) atoms. The molecule has 1 aliphatic heterocycles. The molecule has 3 atom stereocenters. The summed E-state index contributed by atoms with van der Waals surface area (Å²) in [6, 6.07) is 30.7. The fourth-order valence-electron chi connectivity index (χ4n) is 5.78. The molecule has 10 heteroatoms. The molecular weight excluding hydrogens is 599 g/mol. The molecule has 4 aromatic rings. The predicted octanol–water partition coefficient (Wildman–Crippen LogP) is 5.32. The molecule has 1 heterocycles. The van der Waals surface area contributed by atoms with Gasteiger partial charge in [0, 0.05) is 24.6 Å². The van der Waals surface area contributed by atoms with Gasteiger partial charge in [0.25, 0.3) is 5.91 Å². The third-order valence-electron chi connectivity index (χ3n) is 8.14. The van der Waals surface area contributed by atoms with Gasteiger partial charge in [0.2, 0.25) is 0 Å². The molecule has 0 aromatic heterocycles. The Morgan fingerprint density at radius 3 is 2.21 bits per heavy atom. The fourth-order valence-corrected chi connectivity index (χ4v) is 5.78. The molecule has 0 radical (unpaired) electrons. The first-order chi connectivity index (χ1) is 22.9. The molecule has 0 aliphatic carbocycles. The number of ether oxygens (including phenoxy) is 3. The zero-order valence-corrected chi connectivity index (χ0v) is 26.1. The van der Waals surface area contributed by atoms with E-state index in [1.165, 1.54) is 25.3 Å². The number of hydrogen-bond acceptors (Lipinski definition) is 8. The lowest BCUT2D eigenvalue weighted by Crippen LogP contribution is -2.50. The van der Waals surface area contributed by atoms with Crippen LogP contribution in [0, 0.1) is 17.1 Å². The fraction of sp³-hybridized carbons (Fsp3) is 0.270. The van der Waals surface area contributed by atoms with E-state index in [9.17, 15) is 9.59 Å². The molecule has 0 spiro atoms. The number of carbonyl (C=O) groups excluding carboxylic acids is 2. The van der Waals surface area contributed by atoms with Crippen molar-refractivity contribution in [3.8, 4) is 11.8 Å². The van der Waals surface area contributed by atoms with Gasteiger partial charge in [-0.25, -0.2) is 14.1 Å². The molecule has 5 rings (SSSR count). The Morgan fingerprint density at radius 1 is 0.957 bits per heavy atom. The monoisotopic (exact) mass is 636 g/mol. The number of morpholine rings is 1. The number of anilines is 1. The highest BCUT2D eigenvalue weighted by Gasteiger charge is 2.37. The van der Waals surface area contributed by atoms with E-state index in [1.807, 2.05) is 60.7 Å². The summed E-state index contributed by atoms with van der Waals surface area (Å²) in [6.07, 6.45) is -0.929. The molecule has 3 N–H and O–H groups in total. The predicted molar refractivity (Wildman–Crippen MR) is 175 cm³/mol. The van der Waals surface area contributed by atoms with Crippen LogP contribution in [0.25, 0.3) is 0 Å². The smallest absolute Gasteiger partial charge is 0.420 e. The summed E-state index contributed by atoms with van der Waals surface area (Å²) in [4.78, 5) is 28.3. The van der Waals surface area contributed by atoms with Crippen molar-refractivity contribution < 1.29 is 28.2 Å². The Kier molecular flexibility index (Phi) is 11.3. The van der Waals surface area contributed by atoms with Gasteiger partial charge >= 0.3 is 6.09 Å². The number of carbonyl (C=O) groups is 2. The minimum atomic E-state index is -1.20. The topological polar surface area (TPSA) is 127 Å². The average Bonchev–Trinajstić information content (AvgIpc) is 3.11. The summed E-state index contributed by atoms with van der Waals surface area (Å²) in [5.74, 6) is -1.25. The van der Waals surface area contributed by atoms with Crippen molar-refractivity contribution in [1.29, 1.82) is 5.26 Å². The van der Waals surface area contributed by atoms with Gasteiger partial charge < -0.3 is 25.3 Å². The van der Waals surface area contributed by atoms with Crippen molar-refractivity contribution >= 4 is 17.7 Å². The molecule has 1 fully saturated rings. The quantitative estimate of drug-likeness (QED) is 0.226. The van der Waals surface area contributed by atoms with Crippen molar-refractivity contribution in [2.45, 2.75) is 37.0 Å². The molecule has 0 unspecified atom stereocenters. The number of rotatable bonds is 11. The normalized spacial score (nSPS) is 16.6. The minimum absolute atomic E-state index is 0.0710. The van der Waals surface area contributed by atoms with Crippen LogP contribution in [0.4, 0.5) is 14.9 Å². The maximum atomic E-state index is 15.5. The Bertz CT molecular complexity index is 1640. The standard InChI is InChI=1S/C37H37FN4O5/c1-45-37(44)42(36(43)35(40)34(26-9-4-2-5-10-26)27-11-6-3-7-12-27)33-14-8-13-32(38)31(33)20-19-29-22-41-23-30(47-29)24-46-28-17-15-25(21-39)16-18-28/h2-18,29-30,34-35,41H,19-20,22-24,40H2,1H3/t29-,30+,35+/m1/s1. The van der Waals surface area contributed by atoms with Crippen LogP contribution < -0.4 is 20.7 Å². The lowest BCUT2D eigenvalue weighted by Gasteiger charge is -2.32. The number of methoxy groups -OCH3 is 1. The summed E-state index contributed by atoms with van der Waals surface area (Å²) in [5.41, 5.74) is 9.07. The second-order valence-corrected chi connectivity index (χ2v) is 11.2. The highest BCUT2D eigenvalue weighted by atomic mass is 19.1. The highest BCUT2D eigenvalue weighted by molar-refractivity contribution is 6.15. The van der Waals surface area contributed by atoms with E-state index in [2.05, 4.69) is 11.4 Å². The zero-order valence-electron chi connectivity index (χ0n) is 26.1. The number of halogens is 1. The Balaban J connectivity index is 1.33. The molecule has 1 saturated heterocycles. The minimum Gasteiger partial charge on any atom is -0.491 e. The number of benzene rings is 4. The Hall–Kier alpha value is -5.08. The molecule has 1 aliphatic rings. The first kappa shape index (κ1) is 33.3. The van der Waals surface area contributed by atoms with Gasteiger partial charge in [-0.05, 0) is 60.4 Å². The van der Waals surface area contributed by atoms with Crippen LogP contribution in [0.5, 0.6) is 5.75 Å². The average molecular weight is 637 g/mol.